The Morgan fingerprint density at radius 3 is 2.92 bits per heavy atom. The van der Waals surface area contributed by atoms with Crippen LogP contribution in [0, 0.1) is 0 Å². The second-order valence-electron chi connectivity index (χ2n) is 7.26. The minimum atomic E-state index is -0.436. The first-order chi connectivity index (χ1) is 12.5. The Morgan fingerprint density at radius 1 is 1.38 bits per heavy atom. The van der Waals surface area contributed by atoms with Crippen LogP contribution in [-0.4, -0.2) is 40.5 Å². The highest BCUT2D eigenvalue weighted by Crippen LogP contribution is 2.35. The maximum absolute atomic E-state index is 11.1. The molecular formula is C21H33NO4. The molecule has 5 heteroatoms. The van der Waals surface area contributed by atoms with Gasteiger partial charge in [-0.3, -0.25) is 4.79 Å². The average molecular weight is 363 g/mol. The molecule has 1 aliphatic carbocycles. The summed E-state index contributed by atoms with van der Waals surface area (Å²) in [6.45, 7) is 2.15. The number of nitrogens with one attached hydrogen (secondary N) is 1. The summed E-state index contributed by atoms with van der Waals surface area (Å²) in [6.07, 6.45) is 10.7. The minimum absolute atomic E-state index is 0.0501. The third kappa shape index (κ3) is 5.99. The Morgan fingerprint density at radius 2 is 2.19 bits per heavy atom. The van der Waals surface area contributed by atoms with Crippen molar-refractivity contribution in [3.05, 3.63) is 35.2 Å². The number of aromatic amines is 1. The molecule has 0 radical (unpaired) electrons. The number of aliphatic hydroxyl groups is 2. The first-order valence-corrected chi connectivity index (χ1v) is 9.87. The lowest BCUT2D eigenvalue weighted by molar-refractivity contribution is -0.140. The molecule has 0 aliphatic heterocycles. The number of aliphatic hydroxyl groups excluding tert-OH is 2. The van der Waals surface area contributed by atoms with E-state index < -0.39 is 12.2 Å². The van der Waals surface area contributed by atoms with Gasteiger partial charge in [0.25, 0.3) is 0 Å². The smallest absolute Gasteiger partial charge is 0.305 e. The number of aryl methyl sites for hydroxylation is 1. The van der Waals surface area contributed by atoms with Crippen molar-refractivity contribution in [2.45, 2.75) is 82.8 Å². The summed E-state index contributed by atoms with van der Waals surface area (Å²) in [4.78, 5) is 14.6. The zero-order valence-corrected chi connectivity index (χ0v) is 16.0. The van der Waals surface area contributed by atoms with Crippen molar-refractivity contribution in [3.8, 4) is 0 Å². The van der Waals surface area contributed by atoms with Crippen LogP contribution in [0.15, 0.2) is 18.2 Å². The van der Waals surface area contributed by atoms with Gasteiger partial charge >= 0.3 is 5.97 Å². The molecule has 0 saturated carbocycles. The van der Waals surface area contributed by atoms with Crippen LogP contribution in [-0.2, 0) is 22.4 Å². The Balaban J connectivity index is 1.86. The number of rotatable bonds is 11. The Labute approximate surface area is 156 Å². The molecule has 1 aromatic heterocycles. The number of carbonyl (C=O) groups is 1. The third-order valence-electron chi connectivity index (χ3n) is 5.13. The van der Waals surface area contributed by atoms with Gasteiger partial charge in [0.2, 0.25) is 0 Å². The van der Waals surface area contributed by atoms with Gasteiger partial charge in [-0.2, -0.15) is 0 Å². The van der Waals surface area contributed by atoms with Crippen molar-refractivity contribution >= 4 is 5.97 Å². The van der Waals surface area contributed by atoms with Crippen LogP contribution in [0.3, 0.4) is 0 Å². The van der Waals surface area contributed by atoms with Crippen LogP contribution in [0.5, 0.6) is 0 Å². The lowest BCUT2D eigenvalue weighted by atomic mass is 9.98. The molecule has 1 aliphatic rings. The summed E-state index contributed by atoms with van der Waals surface area (Å²) in [5.74, 6) is -0.212. The van der Waals surface area contributed by atoms with E-state index in [9.17, 15) is 15.0 Å². The van der Waals surface area contributed by atoms with E-state index in [1.807, 2.05) is 12.2 Å². The standard InChI is InChI=1S/C21H33NO4/c1-3-4-5-9-16(23)11-12-17-18-13-15(22-19(18)14-20(17)24)8-6-7-10-21(25)26-2/h11-13,16-17,20,22-24H,3-10,14H2,1-2H3/b12-11+/t16-,17-,20-/m1/s1. The van der Waals surface area contributed by atoms with Crippen LogP contribution in [0.25, 0.3) is 0 Å². The summed E-state index contributed by atoms with van der Waals surface area (Å²) in [5, 5.41) is 20.4. The molecule has 0 unspecified atom stereocenters. The molecule has 0 amide bonds. The maximum atomic E-state index is 11.1. The van der Waals surface area contributed by atoms with Crippen molar-refractivity contribution in [1.82, 2.24) is 4.98 Å². The molecule has 0 spiro atoms. The van der Waals surface area contributed by atoms with Gasteiger partial charge in [-0.05, 0) is 37.3 Å². The molecule has 3 atom stereocenters. The SMILES string of the molecule is CCCCC[C@@H](O)/C=C/[C@@H]1c2cc(CCCCC(=O)OC)[nH]c2C[C@H]1O. The van der Waals surface area contributed by atoms with Crippen molar-refractivity contribution < 1.29 is 19.7 Å². The van der Waals surface area contributed by atoms with E-state index in [0.29, 0.717) is 12.8 Å². The second kappa shape index (κ2) is 10.5. The number of hydrogen-bond acceptors (Lipinski definition) is 4. The lowest BCUT2D eigenvalue weighted by Crippen LogP contribution is -2.13. The van der Waals surface area contributed by atoms with E-state index in [1.165, 1.54) is 7.11 Å². The number of H-pyrrole nitrogens is 1. The zero-order chi connectivity index (χ0) is 18.9. The molecule has 0 aromatic carbocycles. The molecule has 0 saturated heterocycles. The van der Waals surface area contributed by atoms with Gasteiger partial charge in [-0.15, -0.1) is 0 Å². The van der Waals surface area contributed by atoms with Gasteiger partial charge in [0, 0.05) is 30.1 Å². The van der Waals surface area contributed by atoms with E-state index in [1.54, 1.807) is 0 Å². The number of hydrogen-bond donors (Lipinski definition) is 3. The third-order valence-corrected chi connectivity index (χ3v) is 5.13. The topological polar surface area (TPSA) is 82.5 Å². The van der Waals surface area contributed by atoms with Crippen LogP contribution >= 0.6 is 0 Å². The summed E-state index contributed by atoms with van der Waals surface area (Å²) in [6, 6.07) is 2.13. The number of unbranched alkanes of at least 4 members (excludes halogenated alkanes) is 3. The average Bonchev–Trinajstić information content (AvgIpc) is 3.13. The highest BCUT2D eigenvalue weighted by Gasteiger charge is 2.31. The van der Waals surface area contributed by atoms with Crippen LogP contribution in [0.4, 0.5) is 0 Å². The normalized spacial score (nSPS) is 20.5. The Bertz CT molecular complexity index is 593. The van der Waals surface area contributed by atoms with Gasteiger partial charge in [0.15, 0.2) is 0 Å². The first-order valence-electron chi connectivity index (χ1n) is 9.87. The zero-order valence-electron chi connectivity index (χ0n) is 16.0. The van der Waals surface area contributed by atoms with Gasteiger partial charge in [0.05, 0.1) is 19.3 Å². The van der Waals surface area contributed by atoms with Gasteiger partial charge in [-0.1, -0.05) is 38.3 Å². The molecular weight excluding hydrogens is 330 g/mol. The van der Waals surface area contributed by atoms with E-state index in [2.05, 4.69) is 22.7 Å². The van der Waals surface area contributed by atoms with Crippen molar-refractivity contribution in [1.29, 1.82) is 0 Å². The lowest BCUT2D eigenvalue weighted by Gasteiger charge is -2.12. The fourth-order valence-corrected chi connectivity index (χ4v) is 3.59. The van der Waals surface area contributed by atoms with Crippen LogP contribution in [0.1, 0.15) is 74.7 Å². The van der Waals surface area contributed by atoms with E-state index in [4.69, 9.17) is 0 Å². The fourth-order valence-electron chi connectivity index (χ4n) is 3.59. The second-order valence-corrected chi connectivity index (χ2v) is 7.26. The van der Waals surface area contributed by atoms with E-state index in [-0.39, 0.29) is 11.9 Å². The largest absolute Gasteiger partial charge is 0.469 e. The predicted molar refractivity (Wildman–Crippen MR) is 102 cm³/mol. The molecule has 3 N–H and O–H groups in total. The molecule has 146 valence electrons. The minimum Gasteiger partial charge on any atom is -0.469 e. The molecule has 26 heavy (non-hydrogen) atoms. The number of methoxy groups -OCH3 is 1. The Hall–Kier alpha value is -1.59. The molecule has 0 fully saturated rings. The van der Waals surface area contributed by atoms with Crippen molar-refractivity contribution in [2.24, 2.45) is 0 Å². The summed E-state index contributed by atoms with van der Waals surface area (Å²) in [5.41, 5.74) is 3.38. The summed E-state index contributed by atoms with van der Waals surface area (Å²) in [7, 11) is 1.41. The Kier molecular flexibility index (Phi) is 8.39. The van der Waals surface area contributed by atoms with E-state index in [0.717, 1.165) is 61.9 Å². The van der Waals surface area contributed by atoms with Gasteiger partial charge in [0.1, 0.15) is 0 Å². The first kappa shape index (κ1) is 20.7. The number of ether oxygens (including phenoxy) is 1. The summed E-state index contributed by atoms with van der Waals surface area (Å²) < 4.78 is 4.65. The predicted octanol–water partition coefficient (Wildman–Crippen LogP) is 3.40. The van der Waals surface area contributed by atoms with Crippen LogP contribution < -0.4 is 0 Å². The van der Waals surface area contributed by atoms with Gasteiger partial charge in [-0.25, -0.2) is 0 Å². The molecule has 1 aromatic rings. The molecule has 2 rings (SSSR count). The van der Waals surface area contributed by atoms with Crippen molar-refractivity contribution in [3.63, 3.8) is 0 Å². The van der Waals surface area contributed by atoms with E-state index >= 15 is 0 Å². The number of esters is 1. The fraction of sp³-hybridized carbons (Fsp3) is 0.667. The highest BCUT2D eigenvalue weighted by atomic mass is 16.5. The van der Waals surface area contributed by atoms with Crippen LogP contribution in [0.2, 0.25) is 0 Å². The summed E-state index contributed by atoms with van der Waals surface area (Å²) >= 11 is 0. The number of fused-ring (bicyclic) bond motifs is 1. The molecule has 0 bridgehead atoms. The highest BCUT2D eigenvalue weighted by molar-refractivity contribution is 5.68. The van der Waals surface area contributed by atoms with Gasteiger partial charge < -0.3 is 19.9 Å². The monoisotopic (exact) mass is 363 g/mol. The number of aromatic nitrogens is 1. The maximum Gasteiger partial charge on any atom is 0.305 e. The van der Waals surface area contributed by atoms with Crippen molar-refractivity contribution in [2.75, 3.05) is 7.11 Å². The molecule has 5 nitrogen and oxygen atoms in total. The quantitative estimate of drug-likeness (QED) is 0.320. The molecule has 1 heterocycles. The number of carbonyl (C=O) groups excluding carboxylic acids is 1.